The summed E-state index contributed by atoms with van der Waals surface area (Å²) in [6.07, 6.45) is 2.06. The zero-order chi connectivity index (χ0) is 29.2. The van der Waals surface area contributed by atoms with Gasteiger partial charge in [0.05, 0.1) is 45.0 Å². The van der Waals surface area contributed by atoms with Crippen LogP contribution in [0.15, 0.2) is 146 Å². The van der Waals surface area contributed by atoms with Crippen molar-refractivity contribution in [2.45, 2.75) is 0 Å². The van der Waals surface area contributed by atoms with Gasteiger partial charge in [-0.2, -0.15) is 0 Å². The van der Waals surface area contributed by atoms with Crippen molar-refractivity contribution in [3.63, 3.8) is 0 Å². The van der Waals surface area contributed by atoms with Crippen LogP contribution in [0, 0.1) is 0 Å². The highest BCUT2D eigenvalue weighted by atomic mass is 15.1. The second-order valence-electron chi connectivity index (χ2n) is 12.0. The summed E-state index contributed by atoms with van der Waals surface area (Å²) in [6, 6.07) is 50.4. The fourth-order valence-corrected chi connectivity index (χ4v) is 8.02. The molecule has 0 amide bonds. The molecule has 5 heterocycles. The van der Waals surface area contributed by atoms with Gasteiger partial charge in [0.2, 0.25) is 0 Å². The zero-order valence-electron chi connectivity index (χ0n) is 24.1. The SMILES string of the molecule is c1ccc(-n2c3ccccc3c3cc(-n4c5ccccc5c5cc6c7ccccc7n7c8ccccc8c(c54)c67)cnc32)cc1. The van der Waals surface area contributed by atoms with Crippen molar-refractivity contribution in [3.8, 4) is 11.4 Å². The van der Waals surface area contributed by atoms with Crippen molar-refractivity contribution in [2.24, 2.45) is 0 Å². The van der Waals surface area contributed by atoms with Gasteiger partial charge in [-0.25, -0.2) is 4.98 Å². The first kappa shape index (κ1) is 23.3. The van der Waals surface area contributed by atoms with Crippen LogP contribution >= 0.6 is 0 Å². The summed E-state index contributed by atoms with van der Waals surface area (Å²) in [5, 5.41) is 10.0. The number of fused-ring (bicyclic) bond motifs is 13. The molecule has 0 saturated heterocycles. The van der Waals surface area contributed by atoms with Gasteiger partial charge in [0.15, 0.2) is 0 Å². The predicted octanol–water partition coefficient (Wildman–Crippen LogP) is 10.4. The Bertz CT molecular complexity index is 2970. The maximum Gasteiger partial charge on any atom is 0.145 e. The van der Waals surface area contributed by atoms with E-state index in [-0.39, 0.29) is 0 Å². The van der Waals surface area contributed by atoms with Crippen LogP contribution in [0.3, 0.4) is 0 Å². The number of nitrogens with zero attached hydrogens (tertiary/aromatic N) is 4. The Morgan fingerprint density at radius 1 is 0.378 bits per heavy atom. The molecule has 0 bridgehead atoms. The standard InChI is InChI=1S/C41H24N4/c1-2-12-25(13-3-1)44-35-19-9-6-16-29(35)33-22-26(24-42-41(33)44)43-34-18-8-4-14-27(34)31-23-32-28-15-5-10-20-36(28)45-37-21-11-7-17-30(37)38(39(31)43)40(32)45/h1-24H. The molecule has 4 heteroatoms. The highest BCUT2D eigenvalue weighted by molar-refractivity contribution is 6.34. The normalized spacial score (nSPS) is 12.4. The van der Waals surface area contributed by atoms with E-state index < -0.39 is 0 Å². The van der Waals surface area contributed by atoms with E-state index in [9.17, 15) is 0 Å². The molecular formula is C41H24N4. The Kier molecular flexibility index (Phi) is 4.29. The number of hydrogen-bond donors (Lipinski definition) is 0. The third-order valence-electron chi connectivity index (χ3n) is 9.78. The summed E-state index contributed by atoms with van der Waals surface area (Å²) >= 11 is 0. The summed E-state index contributed by atoms with van der Waals surface area (Å²) in [4.78, 5) is 5.21. The van der Waals surface area contributed by atoms with Crippen molar-refractivity contribution in [1.82, 2.24) is 18.5 Å². The lowest BCUT2D eigenvalue weighted by molar-refractivity contribution is 1.11. The Labute approximate surface area is 256 Å². The van der Waals surface area contributed by atoms with E-state index in [2.05, 4.69) is 159 Å². The lowest BCUT2D eigenvalue weighted by Gasteiger charge is -2.10. The fraction of sp³-hybridized carbons (Fsp3) is 0. The topological polar surface area (TPSA) is 27.2 Å². The van der Waals surface area contributed by atoms with Crippen molar-refractivity contribution < 1.29 is 0 Å². The minimum Gasteiger partial charge on any atom is -0.308 e. The molecule has 0 spiro atoms. The first-order chi connectivity index (χ1) is 22.4. The molecular weight excluding hydrogens is 548 g/mol. The van der Waals surface area contributed by atoms with Crippen LogP contribution in [-0.4, -0.2) is 18.5 Å². The smallest absolute Gasteiger partial charge is 0.145 e. The van der Waals surface area contributed by atoms with Crippen LogP contribution in [0.5, 0.6) is 0 Å². The zero-order valence-corrected chi connectivity index (χ0v) is 24.1. The number of aromatic nitrogens is 4. The van der Waals surface area contributed by atoms with Crippen LogP contribution < -0.4 is 0 Å². The van der Waals surface area contributed by atoms with Crippen molar-refractivity contribution in [3.05, 3.63) is 146 Å². The highest BCUT2D eigenvalue weighted by Gasteiger charge is 2.24. The van der Waals surface area contributed by atoms with E-state index in [0.717, 1.165) is 27.9 Å². The molecule has 11 aromatic rings. The maximum atomic E-state index is 5.21. The van der Waals surface area contributed by atoms with Crippen LogP contribution in [-0.2, 0) is 0 Å². The van der Waals surface area contributed by atoms with Gasteiger partial charge in [-0.3, -0.25) is 4.57 Å². The van der Waals surface area contributed by atoms with Gasteiger partial charge >= 0.3 is 0 Å². The minimum atomic E-state index is 0.962. The van der Waals surface area contributed by atoms with E-state index in [0.29, 0.717) is 0 Å². The molecule has 0 atom stereocenters. The summed E-state index contributed by atoms with van der Waals surface area (Å²) in [7, 11) is 0. The van der Waals surface area contributed by atoms with E-state index in [1.807, 2.05) is 0 Å². The average molecular weight is 573 g/mol. The van der Waals surface area contributed by atoms with Crippen LogP contribution in [0.25, 0.3) is 93.2 Å². The van der Waals surface area contributed by atoms with Crippen molar-refractivity contribution in [2.75, 3.05) is 0 Å². The van der Waals surface area contributed by atoms with Crippen molar-refractivity contribution >= 4 is 81.8 Å². The number of rotatable bonds is 2. The minimum absolute atomic E-state index is 0.962. The lowest BCUT2D eigenvalue weighted by Crippen LogP contribution is -1.98. The monoisotopic (exact) mass is 572 g/mol. The molecule has 0 radical (unpaired) electrons. The Morgan fingerprint density at radius 2 is 0.911 bits per heavy atom. The second-order valence-corrected chi connectivity index (χ2v) is 12.0. The summed E-state index contributed by atoms with van der Waals surface area (Å²) in [5.41, 5.74) is 10.5. The van der Waals surface area contributed by atoms with Gasteiger partial charge in [-0.1, -0.05) is 91.0 Å². The van der Waals surface area contributed by atoms with Gasteiger partial charge in [0, 0.05) is 48.8 Å². The first-order valence-corrected chi connectivity index (χ1v) is 15.4. The Morgan fingerprint density at radius 3 is 1.64 bits per heavy atom. The van der Waals surface area contributed by atoms with Gasteiger partial charge < -0.3 is 8.97 Å². The van der Waals surface area contributed by atoms with Gasteiger partial charge in [-0.15, -0.1) is 0 Å². The molecule has 0 saturated carbocycles. The maximum absolute atomic E-state index is 5.21. The molecule has 0 aliphatic rings. The van der Waals surface area contributed by atoms with Crippen LogP contribution in [0.4, 0.5) is 0 Å². The quantitative estimate of drug-likeness (QED) is 0.202. The number of hydrogen-bond acceptors (Lipinski definition) is 1. The predicted molar refractivity (Wildman–Crippen MR) is 188 cm³/mol. The molecule has 0 aliphatic carbocycles. The van der Waals surface area contributed by atoms with Gasteiger partial charge in [0.1, 0.15) is 5.65 Å². The summed E-state index contributed by atoms with van der Waals surface area (Å²) in [5.74, 6) is 0. The van der Waals surface area contributed by atoms with Crippen LogP contribution in [0.1, 0.15) is 0 Å². The third-order valence-corrected chi connectivity index (χ3v) is 9.78. The number of pyridine rings is 1. The van der Waals surface area contributed by atoms with Crippen LogP contribution in [0.2, 0.25) is 0 Å². The molecule has 0 aliphatic heterocycles. The summed E-state index contributed by atoms with van der Waals surface area (Å²) in [6.45, 7) is 0. The van der Waals surface area contributed by atoms with E-state index >= 15 is 0 Å². The molecule has 6 aromatic carbocycles. The molecule has 0 N–H and O–H groups in total. The van der Waals surface area contributed by atoms with E-state index in [1.54, 1.807) is 0 Å². The van der Waals surface area contributed by atoms with E-state index in [4.69, 9.17) is 4.98 Å². The molecule has 11 rings (SSSR count). The molecule has 5 aromatic heterocycles. The second kappa shape index (κ2) is 8.28. The third kappa shape index (κ3) is 2.84. The van der Waals surface area contributed by atoms with Gasteiger partial charge in [0.25, 0.3) is 0 Å². The Hall–Kier alpha value is -6.13. The van der Waals surface area contributed by atoms with Gasteiger partial charge in [-0.05, 0) is 48.5 Å². The molecule has 45 heavy (non-hydrogen) atoms. The van der Waals surface area contributed by atoms with Crippen molar-refractivity contribution in [1.29, 1.82) is 0 Å². The summed E-state index contributed by atoms with van der Waals surface area (Å²) < 4.78 is 7.19. The lowest BCUT2D eigenvalue weighted by atomic mass is 10.0. The van der Waals surface area contributed by atoms with E-state index in [1.165, 1.54) is 65.3 Å². The molecule has 0 unspecified atom stereocenters. The Balaban J connectivity index is 1.34. The molecule has 208 valence electrons. The number of benzene rings is 6. The number of para-hydroxylation sites is 5. The first-order valence-electron chi connectivity index (χ1n) is 15.4. The largest absolute Gasteiger partial charge is 0.308 e. The highest BCUT2D eigenvalue weighted by Crippen LogP contribution is 2.46. The molecule has 4 nitrogen and oxygen atoms in total. The average Bonchev–Trinajstić information content (AvgIpc) is 3.82. The molecule has 0 fully saturated rings. The fourth-order valence-electron chi connectivity index (χ4n) is 8.02.